The fourth-order valence-electron chi connectivity index (χ4n) is 1.65. The van der Waals surface area contributed by atoms with Crippen LogP contribution in [-0.2, 0) is 0 Å². The molecule has 1 N–H and O–H groups in total. The zero-order valence-corrected chi connectivity index (χ0v) is 11.5. The summed E-state index contributed by atoms with van der Waals surface area (Å²) >= 11 is 5.98. The Morgan fingerprint density at radius 2 is 1.55 bits per heavy atom. The van der Waals surface area contributed by atoms with Crippen LogP contribution in [0.15, 0.2) is 53.7 Å². The van der Waals surface area contributed by atoms with Gasteiger partial charge in [0, 0.05) is 5.56 Å². The average Bonchev–Trinajstić information content (AvgIpc) is 2.47. The summed E-state index contributed by atoms with van der Waals surface area (Å²) in [5, 5.41) is 12.1. The van der Waals surface area contributed by atoms with Gasteiger partial charge in [-0.1, -0.05) is 41.0 Å². The predicted molar refractivity (Wildman–Crippen MR) is 78.3 cm³/mol. The normalized spacial score (nSPS) is 10.7. The van der Waals surface area contributed by atoms with E-state index in [9.17, 15) is 0 Å². The van der Waals surface area contributed by atoms with Crippen molar-refractivity contribution in [2.75, 3.05) is 13.2 Å². The molecule has 5 heteroatoms. The molecule has 0 aliphatic heterocycles. The molecule has 0 fully saturated rings. The van der Waals surface area contributed by atoms with Crippen LogP contribution in [0.4, 0.5) is 0 Å². The second-order valence-electron chi connectivity index (χ2n) is 3.91. The van der Waals surface area contributed by atoms with Crippen LogP contribution in [0.3, 0.4) is 0 Å². The third-order valence-electron chi connectivity index (χ3n) is 2.55. The van der Waals surface area contributed by atoms with Crippen LogP contribution >= 0.6 is 11.6 Å². The topological polar surface area (TPSA) is 51.1 Å². The Labute approximate surface area is 122 Å². The molecule has 0 unspecified atom stereocenters. The van der Waals surface area contributed by atoms with Crippen molar-refractivity contribution in [2.45, 2.75) is 0 Å². The lowest BCUT2D eigenvalue weighted by Gasteiger charge is -2.10. The van der Waals surface area contributed by atoms with E-state index in [0.717, 1.165) is 0 Å². The Hall–Kier alpha value is -2.20. The van der Waals surface area contributed by atoms with Crippen LogP contribution in [0.1, 0.15) is 5.56 Å². The number of para-hydroxylation sites is 2. The van der Waals surface area contributed by atoms with Gasteiger partial charge in [0.05, 0.1) is 11.2 Å². The summed E-state index contributed by atoms with van der Waals surface area (Å²) in [5.74, 6) is 1.26. The van der Waals surface area contributed by atoms with Crippen molar-refractivity contribution in [3.8, 4) is 11.5 Å². The number of hydrogen-bond acceptors (Lipinski definition) is 4. The van der Waals surface area contributed by atoms with Gasteiger partial charge in [-0.25, -0.2) is 0 Å². The summed E-state index contributed by atoms with van der Waals surface area (Å²) in [7, 11) is 0. The van der Waals surface area contributed by atoms with Gasteiger partial charge in [0.2, 0.25) is 0 Å². The van der Waals surface area contributed by atoms with Gasteiger partial charge in [-0.05, 0) is 24.3 Å². The quantitative estimate of drug-likeness (QED) is 0.383. The van der Waals surface area contributed by atoms with Gasteiger partial charge in [0.1, 0.15) is 24.7 Å². The molecule has 20 heavy (non-hydrogen) atoms. The molecule has 0 amide bonds. The molecule has 2 aromatic carbocycles. The van der Waals surface area contributed by atoms with Crippen LogP contribution in [0, 0.1) is 0 Å². The third-order valence-corrected chi connectivity index (χ3v) is 2.86. The molecule has 0 saturated carbocycles. The fraction of sp³-hybridized carbons (Fsp3) is 0.133. The number of ether oxygens (including phenoxy) is 2. The minimum atomic E-state index is 0.363. The van der Waals surface area contributed by atoms with Gasteiger partial charge in [-0.2, -0.15) is 0 Å². The van der Waals surface area contributed by atoms with E-state index in [4.69, 9.17) is 26.3 Å². The van der Waals surface area contributed by atoms with Gasteiger partial charge in [-0.3, -0.25) is 0 Å². The van der Waals surface area contributed by atoms with E-state index in [1.165, 1.54) is 6.21 Å². The average molecular weight is 292 g/mol. The third kappa shape index (κ3) is 3.90. The molecule has 0 radical (unpaired) electrons. The molecule has 0 aliphatic rings. The monoisotopic (exact) mass is 291 g/mol. The minimum absolute atomic E-state index is 0.363. The second-order valence-corrected chi connectivity index (χ2v) is 4.32. The van der Waals surface area contributed by atoms with Crippen molar-refractivity contribution < 1.29 is 14.7 Å². The van der Waals surface area contributed by atoms with Crippen LogP contribution in [-0.4, -0.2) is 24.6 Å². The lowest BCUT2D eigenvalue weighted by atomic mass is 10.2. The standard InChI is InChI=1S/C15H14ClNO3/c16-13-6-2-4-8-15(13)20-10-9-19-14-7-3-1-5-12(14)11-17-18/h1-8,11,18H,9-10H2. The Morgan fingerprint density at radius 1 is 0.950 bits per heavy atom. The van der Waals surface area contributed by atoms with Gasteiger partial charge in [0.25, 0.3) is 0 Å². The summed E-state index contributed by atoms with van der Waals surface area (Å²) < 4.78 is 11.1. The molecular formula is C15H14ClNO3. The summed E-state index contributed by atoms with van der Waals surface area (Å²) in [6, 6.07) is 14.5. The van der Waals surface area contributed by atoms with Crippen molar-refractivity contribution in [3.63, 3.8) is 0 Å². The van der Waals surface area contributed by atoms with Crippen LogP contribution in [0.25, 0.3) is 0 Å². The van der Waals surface area contributed by atoms with Gasteiger partial charge in [0.15, 0.2) is 0 Å². The fourth-order valence-corrected chi connectivity index (χ4v) is 1.84. The first-order valence-corrected chi connectivity index (χ1v) is 6.45. The lowest BCUT2D eigenvalue weighted by Crippen LogP contribution is -2.10. The highest BCUT2D eigenvalue weighted by molar-refractivity contribution is 6.32. The van der Waals surface area contributed by atoms with E-state index in [2.05, 4.69) is 5.16 Å². The molecular weight excluding hydrogens is 278 g/mol. The van der Waals surface area contributed by atoms with Crippen molar-refractivity contribution >= 4 is 17.8 Å². The van der Waals surface area contributed by atoms with Crippen molar-refractivity contribution in [1.29, 1.82) is 0 Å². The highest BCUT2D eigenvalue weighted by Gasteiger charge is 2.02. The van der Waals surface area contributed by atoms with Gasteiger partial charge < -0.3 is 14.7 Å². The van der Waals surface area contributed by atoms with Crippen LogP contribution in [0.2, 0.25) is 5.02 Å². The highest BCUT2D eigenvalue weighted by Crippen LogP contribution is 2.23. The summed E-state index contributed by atoms with van der Waals surface area (Å²) in [4.78, 5) is 0. The van der Waals surface area contributed by atoms with E-state index in [1.54, 1.807) is 24.3 Å². The Balaban J connectivity index is 1.86. The summed E-state index contributed by atoms with van der Waals surface area (Å²) in [6.07, 6.45) is 1.32. The Bertz CT molecular complexity index is 587. The molecule has 4 nitrogen and oxygen atoms in total. The van der Waals surface area contributed by atoms with Crippen molar-refractivity contribution in [3.05, 3.63) is 59.1 Å². The first-order valence-electron chi connectivity index (χ1n) is 6.08. The first kappa shape index (κ1) is 14.2. The molecule has 0 atom stereocenters. The molecule has 0 saturated heterocycles. The maximum atomic E-state index is 8.57. The second kappa shape index (κ2) is 7.40. The SMILES string of the molecule is ON=Cc1ccccc1OCCOc1ccccc1Cl. The summed E-state index contributed by atoms with van der Waals surface area (Å²) in [6.45, 7) is 0.732. The van der Waals surface area contributed by atoms with E-state index < -0.39 is 0 Å². The maximum absolute atomic E-state index is 8.57. The molecule has 2 aromatic rings. The van der Waals surface area contributed by atoms with E-state index >= 15 is 0 Å². The number of hydrogen-bond donors (Lipinski definition) is 1. The highest BCUT2D eigenvalue weighted by atomic mass is 35.5. The van der Waals surface area contributed by atoms with E-state index in [-0.39, 0.29) is 0 Å². The number of nitrogens with zero attached hydrogens (tertiary/aromatic N) is 1. The molecule has 104 valence electrons. The molecule has 0 aromatic heterocycles. The first-order chi connectivity index (χ1) is 9.81. The number of rotatable bonds is 6. The zero-order valence-electron chi connectivity index (χ0n) is 10.7. The Morgan fingerprint density at radius 3 is 2.25 bits per heavy atom. The number of halogens is 1. The molecule has 0 bridgehead atoms. The van der Waals surface area contributed by atoms with Crippen molar-refractivity contribution in [2.24, 2.45) is 5.16 Å². The summed E-state index contributed by atoms with van der Waals surface area (Å²) in [5.41, 5.74) is 0.702. The van der Waals surface area contributed by atoms with Crippen LogP contribution < -0.4 is 9.47 Å². The maximum Gasteiger partial charge on any atom is 0.138 e. The predicted octanol–water partition coefficient (Wildman–Crippen LogP) is 3.61. The lowest BCUT2D eigenvalue weighted by molar-refractivity contribution is 0.217. The van der Waals surface area contributed by atoms with Gasteiger partial charge in [-0.15, -0.1) is 0 Å². The number of benzene rings is 2. The number of oxime groups is 1. The largest absolute Gasteiger partial charge is 0.489 e. The Kier molecular flexibility index (Phi) is 5.26. The molecule has 2 rings (SSSR count). The smallest absolute Gasteiger partial charge is 0.138 e. The minimum Gasteiger partial charge on any atom is -0.489 e. The van der Waals surface area contributed by atoms with E-state index in [0.29, 0.717) is 35.3 Å². The molecule has 0 aliphatic carbocycles. The molecule has 0 spiro atoms. The van der Waals surface area contributed by atoms with Gasteiger partial charge >= 0.3 is 0 Å². The van der Waals surface area contributed by atoms with Crippen LogP contribution in [0.5, 0.6) is 11.5 Å². The van der Waals surface area contributed by atoms with Crippen molar-refractivity contribution in [1.82, 2.24) is 0 Å². The molecule has 0 heterocycles. The van der Waals surface area contributed by atoms with E-state index in [1.807, 2.05) is 24.3 Å². The zero-order chi connectivity index (χ0) is 14.2.